The lowest BCUT2D eigenvalue weighted by atomic mass is 10.1. The highest BCUT2D eigenvalue weighted by Gasteiger charge is 2.35. The van der Waals surface area contributed by atoms with Crippen molar-refractivity contribution in [2.45, 2.75) is 13.5 Å². The highest BCUT2D eigenvalue weighted by Crippen LogP contribution is 2.35. The molecule has 1 aliphatic heterocycles. The summed E-state index contributed by atoms with van der Waals surface area (Å²) in [5, 5.41) is 0.196. The van der Waals surface area contributed by atoms with E-state index in [1.807, 2.05) is 31.2 Å². The van der Waals surface area contributed by atoms with Gasteiger partial charge in [0.1, 0.15) is 0 Å². The average molecular weight is 494 g/mol. The summed E-state index contributed by atoms with van der Waals surface area (Å²) in [5.74, 6) is -0.363. The van der Waals surface area contributed by atoms with Crippen molar-refractivity contribution in [3.05, 3.63) is 98.9 Å². The van der Waals surface area contributed by atoms with Gasteiger partial charge in [0.2, 0.25) is 0 Å². The molecule has 0 atom stereocenters. The summed E-state index contributed by atoms with van der Waals surface area (Å²) in [4.78, 5) is 39.4. The van der Waals surface area contributed by atoms with Crippen molar-refractivity contribution in [2.24, 2.45) is 0 Å². The van der Waals surface area contributed by atoms with Gasteiger partial charge in [0.05, 0.1) is 24.1 Å². The molecule has 6 nitrogen and oxygen atoms in total. The Hall–Kier alpha value is -3.55. The lowest BCUT2D eigenvalue weighted by molar-refractivity contribution is -0.123. The van der Waals surface area contributed by atoms with Crippen LogP contribution in [0.15, 0.2) is 71.6 Å². The third-order valence-corrected chi connectivity index (χ3v) is 6.39. The Labute approximate surface area is 206 Å². The quantitative estimate of drug-likeness (QED) is 0.234. The molecule has 0 radical (unpaired) electrons. The fourth-order valence-electron chi connectivity index (χ4n) is 3.35. The molecule has 3 aromatic carbocycles. The largest absolute Gasteiger partial charge is 0.493 e. The maximum absolute atomic E-state index is 12.9. The fraction of sp³-hybridized carbons (Fsp3) is 0.115. The monoisotopic (exact) mass is 493 g/mol. The SMILES string of the molecule is COc1cc(/C=C2\SC(=O)N(Cc3ccccc3C)C2=O)ccc1OC(=O)c1ccc(Cl)cc1. The summed E-state index contributed by atoms with van der Waals surface area (Å²) in [6, 6.07) is 18.9. The summed E-state index contributed by atoms with van der Waals surface area (Å²) >= 11 is 6.75. The molecule has 0 saturated carbocycles. The maximum Gasteiger partial charge on any atom is 0.343 e. The second kappa shape index (κ2) is 10.2. The third kappa shape index (κ3) is 5.16. The number of aryl methyl sites for hydroxylation is 1. The lowest BCUT2D eigenvalue weighted by Gasteiger charge is -2.14. The smallest absolute Gasteiger partial charge is 0.343 e. The van der Waals surface area contributed by atoms with Crippen molar-refractivity contribution in [1.82, 2.24) is 4.90 Å². The van der Waals surface area contributed by atoms with Crippen LogP contribution in [-0.4, -0.2) is 29.1 Å². The number of rotatable bonds is 6. The minimum atomic E-state index is -0.556. The summed E-state index contributed by atoms with van der Waals surface area (Å²) < 4.78 is 10.8. The Morgan fingerprint density at radius 3 is 2.47 bits per heavy atom. The number of esters is 1. The van der Waals surface area contributed by atoms with E-state index in [1.54, 1.807) is 48.5 Å². The first kappa shape index (κ1) is 23.6. The van der Waals surface area contributed by atoms with E-state index in [1.165, 1.54) is 12.0 Å². The molecule has 1 aliphatic rings. The van der Waals surface area contributed by atoms with Gasteiger partial charge in [0.25, 0.3) is 11.1 Å². The molecule has 34 heavy (non-hydrogen) atoms. The Morgan fingerprint density at radius 2 is 1.76 bits per heavy atom. The van der Waals surface area contributed by atoms with Crippen molar-refractivity contribution in [3.63, 3.8) is 0 Å². The van der Waals surface area contributed by atoms with E-state index < -0.39 is 5.97 Å². The maximum atomic E-state index is 12.9. The summed E-state index contributed by atoms with van der Waals surface area (Å²) in [6.07, 6.45) is 1.62. The van der Waals surface area contributed by atoms with Gasteiger partial charge < -0.3 is 9.47 Å². The molecule has 1 fully saturated rings. The first-order valence-electron chi connectivity index (χ1n) is 10.3. The molecule has 0 bridgehead atoms. The number of carbonyl (C=O) groups is 3. The molecule has 8 heteroatoms. The highest BCUT2D eigenvalue weighted by molar-refractivity contribution is 8.18. The van der Waals surface area contributed by atoms with Crippen LogP contribution in [0, 0.1) is 6.92 Å². The number of thioether (sulfide) groups is 1. The van der Waals surface area contributed by atoms with E-state index in [-0.39, 0.29) is 23.4 Å². The van der Waals surface area contributed by atoms with Crippen LogP contribution in [0.5, 0.6) is 11.5 Å². The average Bonchev–Trinajstić information content (AvgIpc) is 3.09. The zero-order valence-corrected chi connectivity index (χ0v) is 20.0. The molecular weight excluding hydrogens is 474 g/mol. The zero-order chi connectivity index (χ0) is 24.2. The lowest BCUT2D eigenvalue weighted by Crippen LogP contribution is -2.27. The van der Waals surface area contributed by atoms with Crippen LogP contribution in [0.25, 0.3) is 6.08 Å². The van der Waals surface area contributed by atoms with Crippen LogP contribution in [0.3, 0.4) is 0 Å². The van der Waals surface area contributed by atoms with E-state index >= 15 is 0 Å². The molecule has 0 unspecified atom stereocenters. The Bertz CT molecular complexity index is 1300. The second-order valence-electron chi connectivity index (χ2n) is 7.50. The van der Waals surface area contributed by atoms with Crippen LogP contribution in [0.2, 0.25) is 5.02 Å². The van der Waals surface area contributed by atoms with E-state index in [2.05, 4.69) is 0 Å². The molecule has 0 aromatic heterocycles. The summed E-state index contributed by atoms with van der Waals surface area (Å²) in [5.41, 5.74) is 2.90. The normalized spacial score (nSPS) is 14.6. The van der Waals surface area contributed by atoms with Crippen molar-refractivity contribution < 1.29 is 23.9 Å². The minimum absolute atomic E-state index is 0.220. The van der Waals surface area contributed by atoms with E-state index in [0.717, 1.165) is 22.9 Å². The molecule has 0 spiro atoms. The number of amides is 2. The van der Waals surface area contributed by atoms with Crippen molar-refractivity contribution in [3.8, 4) is 11.5 Å². The summed E-state index contributed by atoms with van der Waals surface area (Å²) in [6.45, 7) is 2.16. The molecule has 3 aromatic rings. The van der Waals surface area contributed by atoms with Crippen LogP contribution in [0.4, 0.5) is 4.79 Å². The predicted octanol–water partition coefficient (Wildman–Crippen LogP) is 6.11. The Kier molecular flexibility index (Phi) is 7.05. The molecule has 172 valence electrons. The molecular formula is C26H20ClNO5S. The van der Waals surface area contributed by atoms with Gasteiger partial charge in [-0.3, -0.25) is 14.5 Å². The highest BCUT2D eigenvalue weighted by atomic mass is 35.5. The van der Waals surface area contributed by atoms with E-state index in [4.69, 9.17) is 21.1 Å². The number of hydrogen-bond acceptors (Lipinski definition) is 6. The topological polar surface area (TPSA) is 72.9 Å². The van der Waals surface area contributed by atoms with Gasteiger partial charge in [-0.1, -0.05) is 41.9 Å². The van der Waals surface area contributed by atoms with Crippen LogP contribution < -0.4 is 9.47 Å². The number of imide groups is 1. The number of benzene rings is 3. The second-order valence-corrected chi connectivity index (χ2v) is 8.93. The zero-order valence-electron chi connectivity index (χ0n) is 18.4. The van der Waals surface area contributed by atoms with Gasteiger partial charge in [-0.2, -0.15) is 0 Å². The molecule has 4 rings (SSSR count). The number of hydrogen-bond donors (Lipinski definition) is 0. The number of carbonyl (C=O) groups excluding carboxylic acids is 3. The summed E-state index contributed by atoms with van der Waals surface area (Å²) in [7, 11) is 1.45. The molecule has 2 amide bonds. The van der Waals surface area contributed by atoms with Gasteiger partial charge >= 0.3 is 5.97 Å². The van der Waals surface area contributed by atoms with Crippen LogP contribution in [-0.2, 0) is 11.3 Å². The molecule has 1 heterocycles. The fourth-order valence-corrected chi connectivity index (χ4v) is 4.31. The van der Waals surface area contributed by atoms with Crippen molar-refractivity contribution >= 4 is 46.6 Å². The van der Waals surface area contributed by atoms with Crippen molar-refractivity contribution in [1.29, 1.82) is 0 Å². The molecule has 1 saturated heterocycles. The van der Waals surface area contributed by atoms with Gasteiger partial charge in [-0.25, -0.2) is 4.79 Å². The van der Waals surface area contributed by atoms with E-state index in [0.29, 0.717) is 26.8 Å². The number of methoxy groups -OCH3 is 1. The van der Waals surface area contributed by atoms with Crippen molar-refractivity contribution in [2.75, 3.05) is 7.11 Å². The minimum Gasteiger partial charge on any atom is -0.493 e. The number of ether oxygens (including phenoxy) is 2. The van der Waals surface area contributed by atoms with Gasteiger partial charge in [0, 0.05) is 5.02 Å². The number of nitrogens with zero attached hydrogens (tertiary/aromatic N) is 1. The van der Waals surface area contributed by atoms with Gasteiger partial charge in [-0.15, -0.1) is 0 Å². The molecule has 0 N–H and O–H groups in total. The number of halogens is 1. The standard InChI is InChI=1S/C26H20ClNO5S/c1-16-5-3-4-6-19(16)15-28-24(29)23(34-26(28)31)14-17-7-12-21(22(13-17)32-2)33-25(30)18-8-10-20(27)11-9-18/h3-14H,15H2,1-2H3/b23-14-. The third-order valence-electron chi connectivity index (χ3n) is 5.23. The predicted molar refractivity (Wildman–Crippen MR) is 132 cm³/mol. The first-order valence-corrected chi connectivity index (χ1v) is 11.5. The Balaban J connectivity index is 1.52. The molecule has 0 aliphatic carbocycles. The van der Waals surface area contributed by atoms with Gasteiger partial charge in [-0.05, 0) is 77.9 Å². The van der Waals surface area contributed by atoms with E-state index in [9.17, 15) is 14.4 Å². The Morgan fingerprint density at radius 1 is 1.03 bits per heavy atom. The van der Waals surface area contributed by atoms with Crippen LogP contribution >= 0.6 is 23.4 Å². The van der Waals surface area contributed by atoms with Crippen LogP contribution in [0.1, 0.15) is 27.0 Å². The van der Waals surface area contributed by atoms with Gasteiger partial charge in [0.15, 0.2) is 11.5 Å². The first-order chi connectivity index (χ1) is 16.4.